The van der Waals surface area contributed by atoms with Gasteiger partial charge in [-0.3, -0.25) is 0 Å². The zero-order chi connectivity index (χ0) is 15.8. The van der Waals surface area contributed by atoms with Crippen molar-refractivity contribution in [1.29, 1.82) is 0 Å². The van der Waals surface area contributed by atoms with Crippen LogP contribution in [0.2, 0.25) is 10.0 Å². The molecule has 1 heterocycles. The van der Waals surface area contributed by atoms with Crippen LogP contribution in [0.3, 0.4) is 0 Å². The molecule has 0 aliphatic carbocycles. The van der Waals surface area contributed by atoms with Gasteiger partial charge in [0.25, 0.3) is 0 Å². The average Bonchev–Trinajstić information content (AvgIpc) is 2.45. The molecule has 0 atom stereocenters. The molecule has 1 aromatic rings. The molecule has 0 saturated carbocycles. The smallest absolute Gasteiger partial charge is 0.244 e. The maximum Gasteiger partial charge on any atom is 0.244 e. The number of halogens is 3. The van der Waals surface area contributed by atoms with Gasteiger partial charge in [0.1, 0.15) is 4.90 Å². The standard InChI is InChI=1S/C13H17Cl2FN2O2S/c1-13(17-2)5-7-18(8-6-13)21(19,20)10-4-3-9(14)12(16)11(10)15/h3-4,17H,5-8H2,1-2H3. The second-order valence-corrected chi connectivity index (χ2v) is 8.08. The number of hydrogen-bond acceptors (Lipinski definition) is 3. The highest BCUT2D eigenvalue weighted by Crippen LogP contribution is 2.33. The molecule has 1 N–H and O–H groups in total. The number of rotatable bonds is 3. The molecule has 0 amide bonds. The first-order valence-electron chi connectivity index (χ1n) is 6.54. The van der Waals surface area contributed by atoms with Gasteiger partial charge in [0.15, 0.2) is 5.82 Å². The second-order valence-electron chi connectivity index (χ2n) is 5.39. The van der Waals surface area contributed by atoms with E-state index in [1.807, 2.05) is 14.0 Å². The SMILES string of the molecule is CNC1(C)CCN(S(=O)(=O)c2ccc(Cl)c(F)c2Cl)CC1. The lowest BCUT2D eigenvalue weighted by Gasteiger charge is -2.38. The number of nitrogens with zero attached hydrogens (tertiary/aromatic N) is 1. The van der Waals surface area contributed by atoms with E-state index < -0.39 is 20.9 Å². The molecule has 0 spiro atoms. The highest BCUT2D eigenvalue weighted by atomic mass is 35.5. The predicted molar refractivity (Wildman–Crippen MR) is 81.9 cm³/mol. The van der Waals surface area contributed by atoms with Crippen LogP contribution in [0.5, 0.6) is 0 Å². The first kappa shape index (κ1) is 17.0. The van der Waals surface area contributed by atoms with E-state index in [9.17, 15) is 12.8 Å². The fourth-order valence-electron chi connectivity index (χ4n) is 2.32. The van der Waals surface area contributed by atoms with Gasteiger partial charge in [-0.2, -0.15) is 4.31 Å². The van der Waals surface area contributed by atoms with E-state index in [0.717, 1.165) is 0 Å². The van der Waals surface area contributed by atoms with Crippen LogP contribution in [0.15, 0.2) is 17.0 Å². The molecule has 1 aromatic carbocycles. The molecule has 0 bridgehead atoms. The molecule has 0 radical (unpaired) electrons. The zero-order valence-corrected chi connectivity index (χ0v) is 14.1. The van der Waals surface area contributed by atoms with Crippen molar-refractivity contribution in [3.05, 3.63) is 28.0 Å². The highest BCUT2D eigenvalue weighted by molar-refractivity contribution is 7.89. The number of nitrogens with one attached hydrogen (secondary N) is 1. The number of sulfonamides is 1. The summed E-state index contributed by atoms with van der Waals surface area (Å²) in [5.41, 5.74) is -0.0823. The van der Waals surface area contributed by atoms with Gasteiger partial charge in [0, 0.05) is 18.6 Å². The van der Waals surface area contributed by atoms with Crippen molar-refractivity contribution in [3.63, 3.8) is 0 Å². The van der Waals surface area contributed by atoms with E-state index in [4.69, 9.17) is 23.2 Å². The average molecular weight is 355 g/mol. The van der Waals surface area contributed by atoms with Crippen molar-refractivity contribution < 1.29 is 12.8 Å². The molecular weight excluding hydrogens is 338 g/mol. The highest BCUT2D eigenvalue weighted by Gasteiger charge is 2.35. The van der Waals surface area contributed by atoms with Crippen LogP contribution in [0.4, 0.5) is 4.39 Å². The number of hydrogen-bond donors (Lipinski definition) is 1. The first-order valence-corrected chi connectivity index (χ1v) is 8.73. The van der Waals surface area contributed by atoms with E-state index in [2.05, 4.69) is 5.32 Å². The minimum Gasteiger partial charge on any atom is -0.314 e. The van der Waals surface area contributed by atoms with Crippen molar-refractivity contribution in [2.24, 2.45) is 0 Å². The molecule has 0 aromatic heterocycles. The van der Waals surface area contributed by atoms with Gasteiger partial charge in [-0.25, -0.2) is 12.8 Å². The van der Waals surface area contributed by atoms with Crippen LogP contribution in [-0.4, -0.2) is 38.4 Å². The largest absolute Gasteiger partial charge is 0.314 e. The van der Waals surface area contributed by atoms with Crippen molar-refractivity contribution in [2.45, 2.75) is 30.2 Å². The van der Waals surface area contributed by atoms with Gasteiger partial charge in [-0.1, -0.05) is 23.2 Å². The predicted octanol–water partition coefficient (Wildman–Crippen LogP) is 2.90. The Balaban J connectivity index is 2.30. The molecule has 4 nitrogen and oxygen atoms in total. The van der Waals surface area contributed by atoms with Crippen LogP contribution >= 0.6 is 23.2 Å². The fraction of sp³-hybridized carbons (Fsp3) is 0.538. The summed E-state index contributed by atoms with van der Waals surface area (Å²) in [4.78, 5) is -0.237. The summed E-state index contributed by atoms with van der Waals surface area (Å²) in [6, 6.07) is 2.45. The normalized spacial score (nSPS) is 19.7. The maximum atomic E-state index is 13.7. The summed E-state index contributed by atoms with van der Waals surface area (Å²) in [7, 11) is -1.96. The Bertz CT molecular complexity index is 644. The second kappa shape index (κ2) is 6.01. The van der Waals surface area contributed by atoms with E-state index in [-0.39, 0.29) is 15.5 Å². The Morgan fingerprint density at radius 3 is 2.38 bits per heavy atom. The van der Waals surface area contributed by atoms with Gasteiger partial charge in [0.2, 0.25) is 10.0 Å². The maximum absolute atomic E-state index is 13.7. The summed E-state index contributed by atoms with van der Waals surface area (Å²) < 4.78 is 40.2. The fourth-order valence-corrected chi connectivity index (χ4v) is 4.48. The third-order valence-electron chi connectivity index (χ3n) is 4.05. The summed E-state index contributed by atoms with van der Waals surface area (Å²) >= 11 is 11.4. The minimum atomic E-state index is -3.82. The van der Waals surface area contributed by atoms with Gasteiger partial charge in [-0.15, -0.1) is 0 Å². The van der Waals surface area contributed by atoms with Gasteiger partial charge in [-0.05, 0) is 38.9 Å². The number of piperidine rings is 1. The van der Waals surface area contributed by atoms with E-state index in [1.165, 1.54) is 16.4 Å². The summed E-state index contributed by atoms with van der Waals surface area (Å²) in [6.07, 6.45) is 1.35. The molecule has 1 aliphatic heterocycles. The monoisotopic (exact) mass is 354 g/mol. The Kier molecular flexibility index (Phi) is 4.85. The molecule has 1 aliphatic rings. The molecule has 21 heavy (non-hydrogen) atoms. The Morgan fingerprint density at radius 2 is 1.86 bits per heavy atom. The lowest BCUT2D eigenvalue weighted by atomic mass is 9.91. The van der Waals surface area contributed by atoms with Gasteiger partial charge in [0.05, 0.1) is 10.0 Å². The third kappa shape index (κ3) is 3.19. The minimum absolute atomic E-state index is 0.0823. The van der Waals surface area contributed by atoms with Crippen molar-refractivity contribution >= 4 is 33.2 Å². The lowest BCUT2D eigenvalue weighted by Crippen LogP contribution is -2.51. The Hall–Kier alpha value is -0.400. The number of benzene rings is 1. The van der Waals surface area contributed by atoms with Crippen LogP contribution in [0, 0.1) is 5.82 Å². The van der Waals surface area contributed by atoms with Gasteiger partial charge >= 0.3 is 0 Å². The molecule has 0 unspecified atom stereocenters. The van der Waals surface area contributed by atoms with Crippen molar-refractivity contribution in [2.75, 3.05) is 20.1 Å². The molecule has 8 heteroatoms. The van der Waals surface area contributed by atoms with Crippen LogP contribution in [0.25, 0.3) is 0 Å². The molecule has 1 saturated heterocycles. The summed E-state index contributed by atoms with van der Waals surface area (Å²) in [5, 5.41) is 2.55. The Morgan fingerprint density at radius 1 is 1.29 bits per heavy atom. The molecular formula is C13H17Cl2FN2O2S. The molecule has 2 rings (SSSR count). The topological polar surface area (TPSA) is 49.4 Å². The quantitative estimate of drug-likeness (QED) is 0.849. The molecule has 1 fully saturated rings. The van der Waals surface area contributed by atoms with Crippen LogP contribution in [0.1, 0.15) is 19.8 Å². The van der Waals surface area contributed by atoms with Crippen LogP contribution < -0.4 is 5.32 Å². The van der Waals surface area contributed by atoms with E-state index in [0.29, 0.717) is 25.9 Å². The molecule has 118 valence electrons. The Labute approximate surface area is 134 Å². The van der Waals surface area contributed by atoms with Gasteiger partial charge < -0.3 is 5.32 Å². The first-order chi connectivity index (χ1) is 9.71. The van der Waals surface area contributed by atoms with E-state index in [1.54, 1.807) is 0 Å². The van der Waals surface area contributed by atoms with Crippen molar-refractivity contribution in [3.8, 4) is 0 Å². The third-order valence-corrected chi connectivity index (χ3v) is 6.76. The lowest BCUT2D eigenvalue weighted by molar-refractivity contribution is 0.219. The van der Waals surface area contributed by atoms with Crippen LogP contribution in [-0.2, 0) is 10.0 Å². The summed E-state index contributed by atoms with van der Waals surface area (Å²) in [6.45, 7) is 2.77. The summed E-state index contributed by atoms with van der Waals surface area (Å²) in [5.74, 6) is -0.906. The van der Waals surface area contributed by atoms with Crippen molar-refractivity contribution in [1.82, 2.24) is 9.62 Å². The zero-order valence-electron chi connectivity index (χ0n) is 11.8. The van der Waals surface area contributed by atoms with E-state index >= 15 is 0 Å².